The number of hydrogen-bond acceptors (Lipinski definition) is 4. The number of amides is 1. The van der Waals surface area contributed by atoms with Crippen molar-refractivity contribution in [2.75, 3.05) is 5.32 Å². The number of nitrogens with one attached hydrogen (secondary N) is 1. The van der Waals surface area contributed by atoms with Crippen molar-refractivity contribution in [3.05, 3.63) is 71.0 Å². The Morgan fingerprint density at radius 3 is 2.05 bits per heavy atom. The number of aromatic nitrogens is 4. The van der Waals surface area contributed by atoms with Crippen molar-refractivity contribution in [2.45, 2.75) is 123 Å². The van der Waals surface area contributed by atoms with E-state index in [0.717, 1.165) is 36.2 Å². The van der Waals surface area contributed by atoms with Gasteiger partial charge in [-0.15, -0.1) is 5.10 Å². The molecule has 0 aliphatic carbocycles. The Morgan fingerprint density at radius 2 is 1.44 bits per heavy atom. The van der Waals surface area contributed by atoms with Crippen molar-refractivity contribution in [1.29, 1.82) is 0 Å². The highest BCUT2D eigenvalue weighted by molar-refractivity contribution is 5.98. The predicted molar refractivity (Wildman–Crippen MR) is 161 cm³/mol. The molecular formula is C33H49N5O. The number of anilines is 1. The highest BCUT2D eigenvalue weighted by atomic mass is 16.2. The third-order valence-electron chi connectivity index (χ3n) is 7.56. The number of aryl methyl sites for hydroxylation is 1. The lowest BCUT2D eigenvalue weighted by Crippen LogP contribution is -2.26. The third-order valence-corrected chi connectivity index (χ3v) is 7.56. The first kappa shape index (κ1) is 30.5. The lowest BCUT2D eigenvalue weighted by molar-refractivity contribution is -0.117. The highest BCUT2D eigenvalue weighted by Crippen LogP contribution is 2.31. The zero-order chi connectivity index (χ0) is 28.0. The van der Waals surface area contributed by atoms with Crippen LogP contribution in [0.15, 0.2) is 48.5 Å². The Labute approximate surface area is 236 Å². The molecule has 212 valence electrons. The maximum absolute atomic E-state index is 13.9. The summed E-state index contributed by atoms with van der Waals surface area (Å²) in [7, 11) is 0. The topological polar surface area (TPSA) is 72.7 Å². The zero-order valence-electron chi connectivity index (χ0n) is 24.8. The molecule has 1 aromatic heterocycles. The van der Waals surface area contributed by atoms with Gasteiger partial charge in [-0.2, -0.15) is 0 Å². The number of benzene rings is 2. The molecule has 3 rings (SSSR count). The average Bonchev–Trinajstić information content (AvgIpc) is 3.38. The van der Waals surface area contributed by atoms with Crippen LogP contribution in [-0.4, -0.2) is 26.1 Å². The second kappa shape index (κ2) is 16.2. The summed E-state index contributed by atoms with van der Waals surface area (Å²) in [6, 6.07) is 16.2. The molecule has 1 amide bonds. The molecule has 0 saturated carbocycles. The largest absolute Gasteiger partial charge is 0.325 e. The minimum atomic E-state index is -0.589. The van der Waals surface area contributed by atoms with Crippen molar-refractivity contribution in [1.82, 2.24) is 20.2 Å². The molecule has 0 fully saturated rings. The molecule has 2 aromatic carbocycles. The minimum Gasteiger partial charge on any atom is -0.325 e. The molecule has 1 atom stereocenters. The number of nitrogens with zero attached hydrogens (tertiary/aromatic N) is 4. The Balaban J connectivity index is 1.68. The standard InChI is InChI=1S/C33H49N5O/c1-6-7-8-9-10-11-12-13-14-18-23-38-32(35-36-37-38)31(27-19-16-15-17-20-27)33(39)34-30-22-21-28(25(2)3)24-29(30)26(4)5/h15-17,19-22,24-26,31H,6-14,18,23H2,1-5H3,(H,34,39). The predicted octanol–water partition coefficient (Wildman–Crippen LogP) is 8.61. The van der Waals surface area contributed by atoms with Crippen molar-refractivity contribution >= 4 is 11.6 Å². The smallest absolute Gasteiger partial charge is 0.239 e. The summed E-state index contributed by atoms with van der Waals surface area (Å²) in [5.74, 6) is 0.615. The van der Waals surface area contributed by atoms with Gasteiger partial charge in [-0.1, -0.05) is 135 Å². The first-order chi connectivity index (χ1) is 18.9. The normalized spacial score (nSPS) is 12.3. The van der Waals surface area contributed by atoms with Crippen molar-refractivity contribution in [2.24, 2.45) is 0 Å². The van der Waals surface area contributed by atoms with E-state index in [9.17, 15) is 4.79 Å². The molecule has 6 nitrogen and oxygen atoms in total. The average molecular weight is 532 g/mol. The van der Waals surface area contributed by atoms with E-state index in [1.165, 1.54) is 56.9 Å². The highest BCUT2D eigenvalue weighted by Gasteiger charge is 2.29. The van der Waals surface area contributed by atoms with Gasteiger partial charge in [0.25, 0.3) is 0 Å². The summed E-state index contributed by atoms with van der Waals surface area (Å²) in [5, 5.41) is 15.8. The van der Waals surface area contributed by atoms with Crippen LogP contribution in [0, 0.1) is 0 Å². The van der Waals surface area contributed by atoms with E-state index < -0.39 is 5.92 Å². The maximum atomic E-state index is 13.9. The van der Waals surface area contributed by atoms with Crippen LogP contribution in [0.5, 0.6) is 0 Å². The summed E-state index contributed by atoms with van der Waals surface area (Å²) < 4.78 is 1.83. The molecule has 6 heteroatoms. The SMILES string of the molecule is CCCCCCCCCCCCn1nnnc1C(C(=O)Nc1ccc(C(C)C)cc1C(C)C)c1ccccc1. The van der Waals surface area contributed by atoms with E-state index in [4.69, 9.17) is 0 Å². The lowest BCUT2D eigenvalue weighted by atomic mass is 9.93. The first-order valence-electron chi connectivity index (χ1n) is 15.2. The van der Waals surface area contributed by atoms with Crippen LogP contribution in [0.1, 0.15) is 139 Å². The van der Waals surface area contributed by atoms with E-state index in [2.05, 4.69) is 67.6 Å². The molecule has 39 heavy (non-hydrogen) atoms. The van der Waals surface area contributed by atoms with Crippen LogP contribution in [-0.2, 0) is 11.3 Å². The fraction of sp³-hybridized carbons (Fsp3) is 0.576. The molecule has 0 saturated heterocycles. The maximum Gasteiger partial charge on any atom is 0.239 e. The molecule has 0 aliphatic rings. The number of rotatable bonds is 17. The van der Waals surface area contributed by atoms with Gasteiger partial charge in [-0.3, -0.25) is 4.79 Å². The second-order valence-electron chi connectivity index (χ2n) is 11.4. The Kier molecular flexibility index (Phi) is 12.7. The Bertz CT molecular complexity index is 1120. The van der Waals surface area contributed by atoms with Gasteiger partial charge in [0.2, 0.25) is 5.91 Å². The van der Waals surface area contributed by atoms with E-state index in [1.807, 2.05) is 41.1 Å². The number of tetrazole rings is 1. The molecule has 0 radical (unpaired) electrons. The summed E-state index contributed by atoms with van der Waals surface area (Å²) >= 11 is 0. The van der Waals surface area contributed by atoms with Crippen LogP contribution in [0.4, 0.5) is 5.69 Å². The van der Waals surface area contributed by atoms with Gasteiger partial charge in [-0.05, 0) is 51.4 Å². The van der Waals surface area contributed by atoms with Gasteiger partial charge in [0.05, 0.1) is 0 Å². The van der Waals surface area contributed by atoms with Crippen LogP contribution in [0.2, 0.25) is 0 Å². The van der Waals surface area contributed by atoms with Gasteiger partial charge < -0.3 is 5.32 Å². The van der Waals surface area contributed by atoms with E-state index >= 15 is 0 Å². The molecule has 1 heterocycles. The summed E-state index contributed by atoms with van der Waals surface area (Å²) in [6.45, 7) is 11.7. The molecule has 1 N–H and O–H groups in total. The monoisotopic (exact) mass is 531 g/mol. The van der Waals surface area contributed by atoms with E-state index in [-0.39, 0.29) is 11.8 Å². The van der Waals surface area contributed by atoms with Gasteiger partial charge in [0.15, 0.2) is 5.82 Å². The van der Waals surface area contributed by atoms with Gasteiger partial charge in [0, 0.05) is 12.2 Å². The van der Waals surface area contributed by atoms with E-state index in [0.29, 0.717) is 11.7 Å². The molecule has 0 aliphatic heterocycles. The Morgan fingerprint density at radius 1 is 0.795 bits per heavy atom. The molecular weight excluding hydrogens is 482 g/mol. The first-order valence-corrected chi connectivity index (χ1v) is 15.2. The molecule has 3 aromatic rings. The number of hydrogen-bond donors (Lipinski definition) is 1. The third kappa shape index (κ3) is 9.29. The zero-order valence-corrected chi connectivity index (χ0v) is 24.8. The fourth-order valence-corrected chi connectivity index (χ4v) is 5.13. The molecule has 0 spiro atoms. The lowest BCUT2D eigenvalue weighted by Gasteiger charge is -2.20. The number of unbranched alkanes of at least 4 members (excludes halogenated alkanes) is 9. The minimum absolute atomic E-state index is 0.112. The van der Waals surface area contributed by atoms with Crippen molar-refractivity contribution < 1.29 is 4.79 Å². The quantitative estimate of drug-likeness (QED) is 0.177. The van der Waals surface area contributed by atoms with Crippen LogP contribution < -0.4 is 5.32 Å². The summed E-state index contributed by atoms with van der Waals surface area (Å²) in [5.41, 5.74) is 4.16. The molecule has 0 bridgehead atoms. The van der Waals surface area contributed by atoms with Gasteiger partial charge in [-0.25, -0.2) is 4.68 Å². The number of carbonyl (C=O) groups is 1. The van der Waals surface area contributed by atoms with Crippen LogP contribution >= 0.6 is 0 Å². The Hall–Kier alpha value is -3.02. The van der Waals surface area contributed by atoms with Gasteiger partial charge >= 0.3 is 0 Å². The summed E-state index contributed by atoms with van der Waals surface area (Å²) in [6.07, 6.45) is 12.8. The van der Waals surface area contributed by atoms with Crippen molar-refractivity contribution in [3.63, 3.8) is 0 Å². The van der Waals surface area contributed by atoms with Crippen molar-refractivity contribution in [3.8, 4) is 0 Å². The van der Waals surface area contributed by atoms with E-state index in [1.54, 1.807) is 0 Å². The van der Waals surface area contributed by atoms with Crippen LogP contribution in [0.3, 0.4) is 0 Å². The molecule has 1 unspecified atom stereocenters. The second-order valence-corrected chi connectivity index (χ2v) is 11.4. The van der Waals surface area contributed by atoms with Crippen LogP contribution in [0.25, 0.3) is 0 Å². The fourth-order valence-electron chi connectivity index (χ4n) is 5.13. The van der Waals surface area contributed by atoms with Gasteiger partial charge in [0.1, 0.15) is 5.92 Å². The summed E-state index contributed by atoms with van der Waals surface area (Å²) in [4.78, 5) is 13.9. The number of carbonyl (C=O) groups excluding carboxylic acids is 1.